The van der Waals surface area contributed by atoms with Crippen LogP contribution in [0.5, 0.6) is 0 Å². The number of halogens is 3. The number of amides is 1. The number of benzene rings is 1. The van der Waals surface area contributed by atoms with Gasteiger partial charge in [0.25, 0.3) is 0 Å². The average Bonchev–Trinajstić information content (AvgIpc) is 3.20. The molecule has 28 heavy (non-hydrogen) atoms. The Morgan fingerprint density at radius 3 is 2.43 bits per heavy atom. The average molecular weight is 422 g/mol. The van der Waals surface area contributed by atoms with E-state index in [1.165, 1.54) is 4.90 Å². The number of nitrogens with one attached hydrogen (secondary N) is 1. The Morgan fingerprint density at radius 1 is 1.18 bits per heavy atom. The van der Waals surface area contributed by atoms with E-state index in [1.807, 2.05) is 0 Å². The summed E-state index contributed by atoms with van der Waals surface area (Å²) in [6.07, 6.45) is -3.55. The van der Waals surface area contributed by atoms with E-state index in [2.05, 4.69) is 4.72 Å². The monoisotopic (exact) mass is 422 g/mol. The molecule has 2 aliphatic heterocycles. The predicted molar refractivity (Wildman–Crippen MR) is 91.6 cm³/mol. The molecule has 1 N–H and O–H groups in total. The summed E-state index contributed by atoms with van der Waals surface area (Å²) >= 11 is 0. The van der Waals surface area contributed by atoms with Crippen LogP contribution in [-0.2, 0) is 30.5 Å². The van der Waals surface area contributed by atoms with Gasteiger partial charge in [0.2, 0.25) is 15.9 Å². The summed E-state index contributed by atoms with van der Waals surface area (Å²) in [5.74, 6) is -0.240. The minimum Gasteiger partial charge on any atom is -0.350 e. The third-order valence-electron chi connectivity index (χ3n) is 4.81. The summed E-state index contributed by atoms with van der Waals surface area (Å²) in [5, 5.41) is 0. The molecule has 2 heterocycles. The first kappa shape index (κ1) is 21.0. The maximum atomic E-state index is 12.8. The molecule has 0 bridgehead atoms. The van der Waals surface area contributed by atoms with Gasteiger partial charge in [0, 0.05) is 19.0 Å². The van der Waals surface area contributed by atoms with Crippen LogP contribution in [0.25, 0.3) is 0 Å². The minimum atomic E-state index is -4.65. The SMILES string of the molecule is O=C(CNS(=O)(=O)c1cccc(C(F)(F)F)c1)N1CCC(C2OCCO2)CC1. The highest BCUT2D eigenvalue weighted by atomic mass is 32.2. The van der Waals surface area contributed by atoms with Gasteiger partial charge in [-0.3, -0.25) is 4.79 Å². The van der Waals surface area contributed by atoms with Crippen LogP contribution < -0.4 is 4.72 Å². The van der Waals surface area contributed by atoms with Crippen molar-refractivity contribution in [2.75, 3.05) is 32.8 Å². The molecule has 1 amide bonds. The number of hydrogen-bond acceptors (Lipinski definition) is 5. The minimum absolute atomic E-state index is 0.188. The van der Waals surface area contributed by atoms with Crippen molar-refractivity contribution < 1.29 is 35.9 Å². The van der Waals surface area contributed by atoms with E-state index in [0.717, 1.165) is 18.2 Å². The number of alkyl halides is 3. The molecule has 1 aromatic rings. The highest BCUT2D eigenvalue weighted by Gasteiger charge is 2.33. The van der Waals surface area contributed by atoms with E-state index in [0.29, 0.717) is 45.2 Å². The number of piperidine rings is 1. The topological polar surface area (TPSA) is 84.9 Å². The molecule has 0 radical (unpaired) electrons. The van der Waals surface area contributed by atoms with Crippen molar-refractivity contribution in [3.63, 3.8) is 0 Å². The Bertz CT molecular complexity index is 801. The first-order valence-electron chi connectivity index (χ1n) is 8.85. The lowest BCUT2D eigenvalue weighted by atomic mass is 9.96. The molecule has 2 saturated heterocycles. The molecule has 0 aromatic heterocycles. The summed E-state index contributed by atoms with van der Waals surface area (Å²) in [4.78, 5) is 13.3. The lowest BCUT2D eigenvalue weighted by Crippen LogP contribution is -2.45. The Morgan fingerprint density at radius 2 is 1.82 bits per heavy atom. The number of ether oxygens (including phenoxy) is 2. The largest absolute Gasteiger partial charge is 0.416 e. The summed E-state index contributed by atoms with van der Waals surface area (Å²) in [6, 6.07) is 3.39. The van der Waals surface area contributed by atoms with Gasteiger partial charge < -0.3 is 14.4 Å². The van der Waals surface area contributed by atoms with Crippen LogP contribution in [0.2, 0.25) is 0 Å². The summed E-state index contributed by atoms with van der Waals surface area (Å²) < 4.78 is 75.8. The van der Waals surface area contributed by atoms with Gasteiger partial charge in [0.1, 0.15) is 0 Å². The van der Waals surface area contributed by atoms with Crippen molar-refractivity contribution in [3.8, 4) is 0 Å². The van der Waals surface area contributed by atoms with E-state index >= 15 is 0 Å². The van der Waals surface area contributed by atoms with Crippen LogP contribution >= 0.6 is 0 Å². The van der Waals surface area contributed by atoms with Gasteiger partial charge in [0.15, 0.2) is 6.29 Å². The molecule has 156 valence electrons. The quantitative estimate of drug-likeness (QED) is 0.779. The number of hydrogen-bond donors (Lipinski definition) is 1. The molecule has 0 aliphatic carbocycles. The third kappa shape index (κ3) is 5.02. The van der Waals surface area contributed by atoms with Crippen LogP contribution in [0, 0.1) is 5.92 Å². The number of carbonyl (C=O) groups excluding carboxylic acids is 1. The zero-order valence-corrected chi connectivity index (χ0v) is 15.8. The van der Waals surface area contributed by atoms with Gasteiger partial charge in [-0.05, 0) is 31.0 Å². The van der Waals surface area contributed by atoms with E-state index in [4.69, 9.17) is 9.47 Å². The fraction of sp³-hybridized carbons (Fsp3) is 0.588. The number of rotatable bonds is 5. The predicted octanol–water partition coefficient (Wildman–Crippen LogP) is 1.60. The second-order valence-corrected chi connectivity index (χ2v) is 8.45. The normalized spacial score (nSPS) is 19.9. The Hall–Kier alpha value is -1.69. The van der Waals surface area contributed by atoms with Gasteiger partial charge in [0.05, 0.1) is 30.2 Å². The second-order valence-electron chi connectivity index (χ2n) is 6.68. The number of carbonyl (C=O) groups is 1. The first-order chi connectivity index (χ1) is 13.2. The third-order valence-corrected chi connectivity index (χ3v) is 6.21. The highest BCUT2D eigenvalue weighted by molar-refractivity contribution is 7.89. The highest BCUT2D eigenvalue weighted by Crippen LogP contribution is 2.30. The molecule has 2 fully saturated rings. The van der Waals surface area contributed by atoms with E-state index in [9.17, 15) is 26.4 Å². The molecule has 2 aliphatic rings. The van der Waals surface area contributed by atoms with Gasteiger partial charge in [-0.25, -0.2) is 13.1 Å². The smallest absolute Gasteiger partial charge is 0.350 e. The van der Waals surface area contributed by atoms with E-state index in [-0.39, 0.29) is 12.2 Å². The van der Waals surface area contributed by atoms with Crippen LogP contribution in [0.4, 0.5) is 13.2 Å². The van der Waals surface area contributed by atoms with Crippen LogP contribution in [0.15, 0.2) is 29.2 Å². The van der Waals surface area contributed by atoms with Crippen molar-refractivity contribution in [1.82, 2.24) is 9.62 Å². The lowest BCUT2D eigenvalue weighted by molar-refractivity contribution is -0.138. The molecule has 0 unspecified atom stereocenters. The van der Waals surface area contributed by atoms with Crippen LogP contribution in [0.1, 0.15) is 18.4 Å². The fourth-order valence-corrected chi connectivity index (χ4v) is 4.28. The van der Waals surface area contributed by atoms with Gasteiger partial charge in [-0.1, -0.05) is 6.07 Å². The summed E-state index contributed by atoms with van der Waals surface area (Å²) in [7, 11) is -4.24. The molecular weight excluding hydrogens is 401 g/mol. The number of sulfonamides is 1. The lowest BCUT2D eigenvalue weighted by Gasteiger charge is -2.33. The number of nitrogens with zero attached hydrogens (tertiary/aromatic N) is 1. The second kappa shape index (κ2) is 8.36. The van der Waals surface area contributed by atoms with Crippen molar-refractivity contribution in [1.29, 1.82) is 0 Å². The zero-order valence-electron chi connectivity index (χ0n) is 14.9. The van der Waals surface area contributed by atoms with Gasteiger partial charge in [-0.15, -0.1) is 0 Å². The summed E-state index contributed by atoms with van der Waals surface area (Å²) in [5.41, 5.74) is -1.07. The molecule has 0 spiro atoms. The molecule has 1 aromatic carbocycles. The van der Waals surface area contributed by atoms with Crippen molar-refractivity contribution in [2.45, 2.75) is 30.2 Å². The van der Waals surface area contributed by atoms with E-state index < -0.39 is 39.1 Å². The van der Waals surface area contributed by atoms with Gasteiger partial charge in [-0.2, -0.15) is 13.2 Å². The van der Waals surface area contributed by atoms with Crippen LogP contribution in [-0.4, -0.2) is 58.4 Å². The Kier molecular flexibility index (Phi) is 6.28. The Labute approximate surface area is 160 Å². The summed E-state index contributed by atoms with van der Waals surface area (Å²) in [6.45, 7) is 1.48. The first-order valence-corrected chi connectivity index (χ1v) is 10.3. The van der Waals surface area contributed by atoms with Gasteiger partial charge >= 0.3 is 6.18 Å². The van der Waals surface area contributed by atoms with Crippen molar-refractivity contribution >= 4 is 15.9 Å². The number of likely N-dealkylation sites (tertiary alicyclic amines) is 1. The molecule has 7 nitrogen and oxygen atoms in total. The molecular formula is C17H21F3N2O5S. The van der Waals surface area contributed by atoms with Crippen molar-refractivity contribution in [2.24, 2.45) is 5.92 Å². The van der Waals surface area contributed by atoms with E-state index in [1.54, 1.807) is 0 Å². The molecule has 0 saturated carbocycles. The fourth-order valence-electron chi connectivity index (χ4n) is 3.26. The molecule has 11 heteroatoms. The molecule has 0 atom stereocenters. The maximum absolute atomic E-state index is 12.8. The van der Waals surface area contributed by atoms with Crippen LogP contribution in [0.3, 0.4) is 0 Å². The Balaban J connectivity index is 1.54. The maximum Gasteiger partial charge on any atom is 0.416 e. The standard InChI is InChI=1S/C17H21F3N2O5S/c18-17(19,20)13-2-1-3-14(10-13)28(24,25)21-11-15(23)22-6-4-12(5-7-22)16-26-8-9-27-16/h1-3,10,12,16,21H,4-9,11H2. The van der Waals surface area contributed by atoms with Crippen molar-refractivity contribution in [3.05, 3.63) is 29.8 Å². The zero-order chi connectivity index (χ0) is 20.4. The molecule has 3 rings (SSSR count).